The molecule has 3 nitrogen and oxygen atoms in total. The van der Waals surface area contributed by atoms with E-state index in [0.29, 0.717) is 17.4 Å². The van der Waals surface area contributed by atoms with Crippen LogP contribution in [0.2, 0.25) is 5.02 Å². The van der Waals surface area contributed by atoms with Crippen molar-refractivity contribution in [3.63, 3.8) is 0 Å². The fraction of sp³-hybridized carbons (Fsp3) is 0.0556. The molecule has 0 unspecified atom stereocenters. The molecule has 0 aliphatic carbocycles. The van der Waals surface area contributed by atoms with Gasteiger partial charge in [-0.2, -0.15) is 0 Å². The number of hydrogen-bond acceptors (Lipinski definition) is 3. The number of carbonyl (C=O) groups is 1. The summed E-state index contributed by atoms with van der Waals surface area (Å²) >= 11 is 5.84. The van der Waals surface area contributed by atoms with E-state index in [-0.39, 0.29) is 17.1 Å². The van der Waals surface area contributed by atoms with Crippen LogP contribution < -0.4 is 4.74 Å². The quantitative estimate of drug-likeness (QED) is 0.485. The molecule has 0 spiro atoms. The second-order valence-corrected chi connectivity index (χ2v) is 4.93. The van der Waals surface area contributed by atoms with Crippen LogP contribution in [0.25, 0.3) is 6.08 Å². The Morgan fingerprint density at radius 3 is 2.82 bits per heavy atom. The van der Waals surface area contributed by atoms with E-state index in [0.717, 1.165) is 5.56 Å². The van der Waals surface area contributed by atoms with Gasteiger partial charge in [0.05, 0.1) is 5.56 Å². The largest absolute Gasteiger partial charge is 0.507 e. The van der Waals surface area contributed by atoms with Gasteiger partial charge in [-0.15, -0.1) is 0 Å². The molecular formula is C18H15ClO3. The lowest BCUT2D eigenvalue weighted by molar-refractivity contribution is 0.104. The van der Waals surface area contributed by atoms with Crippen LogP contribution in [-0.4, -0.2) is 17.5 Å². The highest BCUT2D eigenvalue weighted by molar-refractivity contribution is 6.31. The number of rotatable bonds is 6. The van der Waals surface area contributed by atoms with Crippen LogP contribution in [0.1, 0.15) is 15.9 Å². The second-order valence-electron chi connectivity index (χ2n) is 4.50. The number of benzene rings is 2. The van der Waals surface area contributed by atoms with Gasteiger partial charge in [-0.1, -0.05) is 42.5 Å². The van der Waals surface area contributed by atoms with Crippen LogP contribution in [0.15, 0.2) is 61.2 Å². The molecule has 112 valence electrons. The predicted octanol–water partition coefficient (Wildman–Crippen LogP) is 4.51. The topological polar surface area (TPSA) is 46.5 Å². The number of phenolic OH excluding ortho intramolecular Hbond substituents is 1. The maximum absolute atomic E-state index is 12.2. The summed E-state index contributed by atoms with van der Waals surface area (Å²) in [6.07, 6.45) is 4.66. The van der Waals surface area contributed by atoms with Crippen molar-refractivity contribution in [1.29, 1.82) is 0 Å². The first-order valence-electron chi connectivity index (χ1n) is 6.65. The number of carbonyl (C=O) groups excluding carboxylic acids is 1. The summed E-state index contributed by atoms with van der Waals surface area (Å²) < 4.78 is 5.52. The molecule has 0 radical (unpaired) electrons. The minimum Gasteiger partial charge on any atom is -0.507 e. The van der Waals surface area contributed by atoms with E-state index in [1.54, 1.807) is 12.2 Å². The lowest BCUT2D eigenvalue weighted by Crippen LogP contribution is -1.96. The summed E-state index contributed by atoms with van der Waals surface area (Å²) in [5.41, 5.74) is 0.924. The van der Waals surface area contributed by atoms with Gasteiger partial charge in [-0.3, -0.25) is 4.79 Å². The number of ketones is 1. The molecule has 2 rings (SSSR count). The predicted molar refractivity (Wildman–Crippen MR) is 88.6 cm³/mol. The molecule has 2 aromatic carbocycles. The lowest BCUT2D eigenvalue weighted by Gasteiger charge is -2.06. The first kappa shape index (κ1) is 15.9. The van der Waals surface area contributed by atoms with Crippen molar-refractivity contribution in [2.75, 3.05) is 6.61 Å². The van der Waals surface area contributed by atoms with E-state index in [9.17, 15) is 9.90 Å². The average Bonchev–Trinajstić information content (AvgIpc) is 2.53. The van der Waals surface area contributed by atoms with E-state index in [4.69, 9.17) is 16.3 Å². The van der Waals surface area contributed by atoms with Gasteiger partial charge in [0.25, 0.3) is 0 Å². The van der Waals surface area contributed by atoms with Crippen LogP contribution in [0.4, 0.5) is 0 Å². The summed E-state index contributed by atoms with van der Waals surface area (Å²) in [4.78, 5) is 12.2. The molecule has 1 N–H and O–H groups in total. The molecule has 0 fully saturated rings. The molecule has 0 aliphatic heterocycles. The van der Waals surface area contributed by atoms with E-state index < -0.39 is 0 Å². The number of allylic oxidation sites excluding steroid dienone is 1. The van der Waals surface area contributed by atoms with Crippen molar-refractivity contribution in [1.82, 2.24) is 0 Å². The zero-order valence-corrected chi connectivity index (χ0v) is 12.6. The third-order valence-corrected chi connectivity index (χ3v) is 3.15. The van der Waals surface area contributed by atoms with Crippen molar-refractivity contribution >= 4 is 23.5 Å². The first-order chi connectivity index (χ1) is 10.6. The number of para-hydroxylation sites is 1. The van der Waals surface area contributed by atoms with Gasteiger partial charge >= 0.3 is 0 Å². The third-order valence-electron chi connectivity index (χ3n) is 2.91. The Morgan fingerprint density at radius 2 is 2.05 bits per heavy atom. The molecule has 0 saturated heterocycles. The Balaban J connectivity index is 2.23. The van der Waals surface area contributed by atoms with E-state index >= 15 is 0 Å². The maximum Gasteiger partial charge on any atom is 0.189 e. The zero-order valence-electron chi connectivity index (χ0n) is 11.8. The van der Waals surface area contributed by atoms with Gasteiger partial charge in [-0.05, 0) is 36.4 Å². The van der Waals surface area contributed by atoms with Crippen LogP contribution in [0, 0.1) is 0 Å². The lowest BCUT2D eigenvalue weighted by atomic mass is 10.1. The Hall–Kier alpha value is -2.52. The molecular weight excluding hydrogens is 300 g/mol. The molecule has 0 bridgehead atoms. The highest BCUT2D eigenvalue weighted by Crippen LogP contribution is 2.24. The Bertz CT molecular complexity index is 720. The zero-order chi connectivity index (χ0) is 15.9. The molecule has 0 aromatic heterocycles. The van der Waals surface area contributed by atoms with E-state index in [1.807, 2.05) is 24.3 Å². The minimum absolute atomic E-state index is 0.102. The molecule has 0 saturated carbocycles. The molecule has 22 heavy (non-hydrogen) atoms. The highest BCUT2D eigenvalue weighted by atomic mass is 35.5. The molecule has 0 aliphatic rings. The number of halogens is 1. The normalized spacial score (nSPS) is 10.6. The number of hydrogen-bond donors (Lipinski definition) is 1. The molecule has 0 heterocycles. The minimum atomic E-state index is -0.335. The summed E-state index contributed by atoms with van der Waals surface area (Å²) in [5, 5.41) is 10.1. The van der Waals surface area contributed by atoms with Gasteiger partial charge in [0.15, 0.2) is 5.78 Å². The molecule has 0 atom stereocenters. The number of aromatic hydroxyl groups is 1. The fourth-order valence-electron chi connectivity index (χ4n) is 1.86. The maximum atomic E-state index is 12.2. The van der Waals surface area contributed by atoms with Crippen molar-refractivity contribution in [2.45, 2.75) is 0 Å². The van der Waals surface area contributed by atoms with Crippen molar-refractivity contribution in [2.24, 2.45) is 0 Å². The van der Waals surface area contributed by atoms with Crippen molar-refractivity contribution in [3.05, 3.63) is 77.3 Å². The molecule has 0 amide bonds. The first-order valence-corrected chi connectivity index (χ1v) is 7.03. The van der Waals surface area contributed by atoms with Gasteiger partial charge in [0.1, 0.15) is 18.1 Å². The summed E-state index contributed by atoms with van der Waals surface area (Å²) in [7, 11) is 0. The highest BCUT2D eigenvalue weighted by Gasteiger charge is 2.09. The van der Waals surface area contributed by atoms with Crippen LogP contribution >= 0.6 is 11.6 Å². The number of ether oxygens (including phenoxy) is 1. The fourth-order valence-corrected chi connectivity index (χ4v) is 2.03. The van der Waals surface area contributed by atoms with Crippen LogP contribution in [-0.2, 0) is 0 Å². The van der Waals surface area contributed by atoms with Gasteiger partial charge in [-0.25, -0.2) is 0 Å². The van der Waals surface area contributed by atoms with Gasteiger partial charge < -0.3 is 9.84 Å². The van der Waals surface area contributed by atoms with Crippen LogP contribution in [0.5, 0.6) is 11.5 Å². The Kier molecular flexibility index (Phi) is 5.39. The standard InChI is InChI=1S/C18H15ClO3/c1-2-11-22-18-6-4-3-5-13(18)7-9-16(20)15-12-14(19)8-10-17(15)21/h2-10,12,21H,1,11H2/b9-7+. The molecule has 4 heteroatoms. The SMILES string of the molecule is C=CCOc1ccccc1/C=C/C(=O)c1cc(Cl)ccc1O. The van der Waals surface area contributed by atoms with E-state index in [2.05, 4.69) is 6.58 Å². The number of phenols is 1. The molecule has 2 aromatic rings. The smallest absolute Gasteiger partial charge is 0.189 e. The average molecular weight is 315 g/mol. The van der Waals surface area contributed by atoms with Gasteiger partial charge in [0.2, 0.25) is 0 Å². The monoisotopic (exact) mass is 314 g/mol. The van der Waals surface area contributed by atoms with E-state index in [1.165, 1.54) is 24.3 Å². The summed E-state index contributed by atoms with van der Waals surface area (Å²) in [6.45, 7) is 3.98. The van der Waals surface area contributed by atoms with Gasteiger partial charge in [0, 0.05) is 10.6 Å². The summed E-state index contributed by atoms with van der Waals surface area (Å²) in [5.74, 6) is 0.218. The van der Waals surface area contributed by atoms with Crippen molar-refractivity contribution in [3.8, 4) is 11.5 Å². The second kappa shape index (κ2) is 7.48. The van der Waals surface area contributed by atoms with Crippen LogP contribution in [0.3, 0.4) is 0 Å². The summed E-state index contributed by atoms with van der Waals surface area (Å²) in [6, 6.07) is 11.7. The Labute approximate surface area is 134 Å². The third kappa shape index (κ3) is 3.99. The Morgan fingerprint density at radius 1 is 1.27 bits per heavy atom. The van der Waals surface area contributed by atoms with Crippen molar-refractivity contribution < 1.29 is 14.6 Å².